The summed E-state index contributed by atoms with van der Waals surface area (Å²) in [6, 6.07) is 0.0200. The first kappa shape index (κ1) is 15.8. The molecule has 3 N–H and O–H groups in total. The molecular formula is C14H28N2OS. The van der Waals surface area contributed by atoms with Gasteiger partial charge in [0, 0.05) is 23.8 Å². The van der Waals surface area contributed by atoms with Crippen LogP contribution in [0.25, 0.3) is 0 Å². The fourth-order valence-electron chi connectivity index (χ4n) is 2.69. The van der Waals surface area contributed by atoms with E-state index in [1.165, 1.54) is 32.1 Å². The Morgan fingerprint density at radius 3 is 2.61 bits per heavy atom. The molecule has 0 aromatic rings. The lowest BCUT2D eigenvalue weighted by Crippen LogP contribution is -2.43. The van der Waals surface area contributed by atoms with Crippen LogP contribution in [0.5, 0.6) is 0 Å². The van der Waals surface area contributed by atoms with Crippen molar-refractivity contribution in [2.24, 2.45) is 5.73 Å². The highest BCUT2D eigenvalue weighted by molar-refractivity contribution is 8.00. The number of amides is 1. The molecule has 1 saturated carbocycles. The van der Waals surface area contributed by atoms with Gasteiger partial charge in [0.1, 0.15) is 0 Å². The monoisotopic (exact) mass is 272 g/mol. The fourth-order valence-corrected chi connectivity index (χ4v) is 3.61. The van der Waals surface area contributed by atoms with Gasteiger partial charge in [-0.15, -0.1) is 0 Å². The summed E-state index contributed by atoms with van der Waals surface area (Å²) in [4.78, 5) is 11.8. The lowest BCUT2D eigenvalue weighted by atomic mass is 9.88. The summed E-state index contributed by atoms with van der Waals surface area (Å²) in [5.74, 6) is 0.120. The van der Waals surface area contributed by atoms with E-state index >= 15 is 0 Å². The van der Waals surface area contributed by atoms with Gasteiger partial charge in [0.25, 0.3) is 0 Å². The van der Waals surface area contributed by atoms with Crippen LogP contribution in [0.15, 0.2) is 0 Å². The molecule has 106 valence electrons. The maximum Gasteiger partial charge on any atom is 0.221 e. The Morgan fingerprint density at radius 2 is 2.06 bits per heavy atom. The van der Waals surface area contributed by atoms with E-state index in [1.807, 2.05) is 11.8 Å². The first-order valence-corrected chi connectivity index (χ1v) is 8.42. The molecule has 0 bridgehead atoms. The number of nitrogens with two attached hydrogens (primary N) is 1. The van der Waals surface area contributed by atoms with Gasteiger partial charge in [-0.25, -0.2) is 0 Å². The van der Waals surface area contributed by atoms with Crippen LogP contribution in [-0.4, -0.2) is 29.5 Å². The molecule has 1 atom stereocenters. The van der Waals surface area contributed by atoms with Crippen LogP contribution in [0.1, 0.15) is 58.3 Å². The van der Waals surface area contributed by atoms with Gasteiger partial charge in [0.2, 0.25) is 5.91 Å². The molecule has 0 radical (unpaired) electrons. The molecule has 1 aliphatic carbocycles. The minimum absolute atomic E-state index is 0.0200. The van der Waals surface area contributed by atoms with Gasteiger partial charge in [0.15, 0.2) is 0 Å². The largest absolute Gasteiger partial charge is 0.355 e. The average Bonchev–Trinajstić information content (AvgIpc) is 2.38. The Hall–Kier alpha value is -0.220. The van der Waals surface area contributed by atoms with Crippen LogP contribution in [0.3, 0.4) is 0 Å². The number of rotatable bonds is 7. The van der Waals surface area contributed by atoms with Crippen molar-refractivity contribution in [3.63, 3.8) is 0 Å². The summed E-state index contributed by atoms with van der Waals surface area (Å²) in [6.07, 6.45) is 11.0. The van der Waals surface area contributed by atoms with Crippen LogP contribution in [0, 0.1) is 0 Å². The van der Waals surface area contributed by atoms with E-state index in [-0.39, 0.29) is 16.7 Å². The highest BCUT2D eigenvalue weighted by Crippen LogP contribution is 2.37. The summed E-state index contributed by atoms with van der Waals surface area (Å²) >= 11 is 1.92. The van der Waals surface area contributed by atoms with Crippen LogP contribution in [0.4, 0.5) is 0 Å². The zero-order valence-electron chi connectivity index (χ0n) is 11.8. The summed E-state index contributed by atoms with van der Waals surface area (Å²) in [5, 5.41) is 3.09. The van der Waals surface area contributed by atoms with Crippen LogP contribution in [0.2, 0.25) is 0 Å². The lowest BCUT2D eigenvalue weighted by Gasteiger charge is -2.36. The number of nitrogens with one attached hydrogen (secondary N) is 1. The number of carbonyl (C=O) groups excluding carboxylic acids is 1. The van der Waals surface area contributed by atoms with Crippen molar-refractivity contribution < 1.29 is 4.79 Å². The summed E-state index contributed by atoms with van der Waals surface area (Å²) in [7, 11) is 0. The van der Waals surface area contributed by atoms with Crippen molar-refractivity contribution in [1.82, 2.24) is 5.32 Å². The average molecular weight is 272 g/mol. The first-order chi connectivity index (χ1) is 8.62. The minimum atomic E-state index is 0.0200. The Morgan fingerprint density at radius 1 is 1.39 bits per heavy atom. The van der Waals surface area contributed by atoms with Crippen molar-refractivity contribution in [1.29, 1.82) is 0 Å². The molecular weight excluding hydrogens is 244 g/mol. The van der Waals surface area contributed by atoms with E-state index in [1.54, 1.807) is 0 Å². The maximum absolute atomic E-state index is 11.8. The van der Waals surface area contributed by atoms with Gasteiger partial charge in [0.05, 0.1) is 0 Å². The third kappa shape index (κ3) is 5.19. The standard InChI is InChI=1S/C14H28N2OS/c1-3-7-12(15)10-13(17)16-11-14(18-2)8-5-4-6-9-14/h12H,3-11,15H2,1-2H3,(H,16,17). The molecule has 0 spiro atoms. The van der Waals surface area contributed by atoms with Gasteiger partial charge in [-0.05, 0) is 25.5 Å². The van der Waals surface area contributed by atoms with Crippen LogP contribution in [-0.2, 0) is 4.79 Å². The first-order valence-electron chi connectivity index (χ1n) is 7.19. The van der Waals surface area contributed by atoms with Crippen molar-refractivity contribution in [2.45, 2.75) is 69.1 Å². The third-order valence-electron chi connectivity index (χ3n) is 3.91. The van der Waals surface area contributed by atoms with Crippen molar-refractivity contribution in [2.75, 3.05) is 12.8 Å². The van der Waals surface area contributed by atoms with Crippen molar-refractivity contribution in [3.05, 3.63) is 0 Å². The third-order valence-corrected chi connectivity index (χ3v) is 5.33. The van der Waals surface area contributed by atoms with Crippen molar-refractivity contribution in [3.8, 4) is 0 Å². The molecule has 0 aromatic carbocycles. The molecule has 1 amide bonds. The van der Waals surface area contributed by atoms with E-state index in [4.69, 9.17) is 5.73 Å². The molecule has 1 rings (SSSR count). The van der Waals surface area contributed by atoms with Crippen LogP contribution < -0.4 is 11.1 Å². The fraction of sp³-hybridized carbons (Fsp3) is 0.929. The Bertz CT molecular complexity index is 252. The topological polar surface area (TPSA) is 55.1 Å². The van der Waals surface area contributed by atoms with E-state index in [0.717, 1.165) is 19.4 Å². The number of thioether (sulfide) groups is 1. The molecule has 0 heterocycles. The minimum Gasteiger partial charge on any atom is -0.355 e. The van der Waals surface area contributed by atoms with Crippen molar-refractivity contribution >= 4 is 17.7 Å². The molecule has 3 nitrogen and oxygen atoms in total. The predicted octanol–water partition coefficient (Wildman–Crippen LogP) is 2.69. The summed E-state index contributed by atoms with van der Waals surface area (Å²) in [6.45, 7) is 2.91. The van der Waals surface area contributed by atoms with E-state index in [0.29, 0.717) is 6.42 Å². The molecule has 1 unspecified atom stereocenters. The molecule has 0 saturated heterocycles. The van der Waals surface area contributed by atoms with E-state index in [9.17, 15) is 4.79 Å². The second-order valence-corrected chi connectivity index (χ2v) is 6.75. The molecule has 0 aromatic heterocycles. The maximum atomic E-state index is 11.8. The zero-order chi connectivity index (χ0) is 13.4. The predicted molar refractivity (Wildman–Crippen MR) is 79.8 cm³/mol. The smallest absolute Gasteiger partial charge is 0.221 e. The summed E-state index contributed by atoms with van der Waals surface area (Å²) < 4.78 is 0.281. The van der Waals surface area contributed by atoms with E-state index in [2.05, 4.69) is 18.5 Å². The Balaban J connectivity index is 2.31. The SMILES string of the molecule is CCCC(N)CC(=O)NCC1(SC)CCCCC1. The second kappa shape index (κ2) is 8.05. The highest BCUT2D eigenvalue weighted by Gasteiger charge is 2.31. The molecule has 1 fully saturated rings. The molecule has 18 heavy (non-hydrogen) atoms. The van der Waals surface area contributed by atoms with E-state index < -0.39 is 0 Å². The van der Waals surface area contributed by atoms with Gasteiger partial charge in [-0.2, -0.15) is 11.8 Å². The number of hydrogen-bond donors (Lipinski definition) is 2. The van der Waals surface area contributed by atoms with Gasteiger partial charge in [-0.1, -0.05) is 32.6 Å². The Kier molecular flexibility index (Phi) is 7.08. The Labute approximate surface area is 116 Å². The highest BCUT2D eigenvalue weighted by atomic mass is 32.2. The summed E-state index contributed by atoms with van der Waals surface area (Å²) in [5.41, 5.74) is 5.89. The second-order valence-electron chi connectivity index (χ2n) is 5.48. The number of carbonyl (C=O) groups is 1. The molecule has 0 aliphatic heterocycles. The van der Waals surface area contributed by atoms with Crippen LogP contribution >= 0.6 is 11.8 Å². The number of hydrogen-bond acceptors (Lipinski definition) is 3. The zero-order valence-corrected chi connectivity index (χ0v) is 12.7. The van der Waals surface area contributed by atoms with Gasteiger partial charge in [-0.3, -0.25) is 4.79 Å². The van der Waals surface area contributed by atoms with Gasteiger partial charge < -0.3 is 11.1 Å². The molecule has 1 aliphatic rings. The van der Waals surface area contributed by atoms with Gasteiger partial charge >= 0.3 is 0 Å². The lowest BCUT2D eigenvalue weighted by molar-refractivity contribution is -0.121. The quantitative estimate of drug-likeness (QED) is 0.749. The molecule has 4 heteroatoms. The normalized spacial score (nSPS) is 20.4.